The number of amides is 4. The van der Waals surface area contributed by atoms with Gasteiger partial charge in [-0.3, -0.25) is 19.2 Å². The van der Waals surface area contributed by atoms with E-state index in [9.17, 15) is 19.2 Å². The third-order valence-electron chi connectivity index (χ3n) is 5.13. The van der Waals surface area contributed by atoms with Crippen LogP contribution in [0.1, 0.15) is 49.2 Å². The predicted molar refractivity (Wildman–Crippen MR) is 121 cm³/mol. The van der Waals surface area contributed by atoms with E-state index >= 15 is 0 Å². The molecule has 1 saturated carbocycles. The van der Waals surface area contributed by atoms with E-state index in [0.29, 0.717) is 17.2 Å². The molecule has 1 heterocycles. The molecular formula is C23H27N5O5. The van der Waals surface area contributed by atoms with Crippen molar-refractivity contribution in [3.05, 3.63) is 53.5 Å². The maximum atomic E-state index is 12.0. The quantitative estimate of drug-likeness (QED) is 0.299. The zero-order valence-corrected chi connectivity index (χ0v) is 18.3. The molecule has 0 aliphatic heterocycles. The highest BCUT2D eigenvalue weighted by molar-refractivity contribution is 6.39. The fraction of sp³-hybridized carbons (Fsp3) is 0.348. The number of aryl methyl sites for hydroxylation is 1. The Morgan fingerprint density at radius 2 is 1.67 bits per heavy atom. The van der Waals surface area contributed by atoms with E-state index in [1.54, 1.807) is 24.3 Å². The van der Waals surface area contributed by atoms with Gasteiger partial charge in [0.05, 0.1) is 12.8 Å². The summed E-state index contributed by atoms with van der Waals surface area (Å²) in [5.41, 5.74) is 3.72. The number of hydrogen-bond donors (Lipinski definition) is 4. The minimum Gasteiger partial charge on any atom is -0.458 e. The average molecular weight is 453 g/mol. The smallest absolute Gasteiger partial charge is 0.329 e. The number of anilines is 1. The number of rotatable bonds is 6. The van der Waals surface area contributed by atoms with Crippen LogP contribution >= 0.6 is 0 Å². The Labute approximate surface area is 191 Å². The summed E-state index contributed by atoms with van der Waals surface area (Å²) in [7, 11) is 0. The molecule has 2 aromatic rings. The summed E-state index contributed by atoms with van der Waals surface area (Å²) in [4.78, 5) is 47.7. The van der Waals surface area contributed by atoms with Crippen LogP contribution in [0.15, 0.2) is 45.9 Å². The van der Waals surface area contributed by atoms with E-state index in [4.69, 9.17) is 4.42 Å². The van der Waals surface area contributed by atoms with Gasteiger partial charge in [-0.15, -0.1) is 0 Å². The number of nitrogens with one attached hydrogen (secondary N) is 4. The molecule has 33 heavy (non-hydrogen) atoms. The number of hydrazone groups is 1. The van der Waals surface area contributed by atoms with E-state index < -0.39 is 23.6 Å². The lowest BCUT2D eigenvalue weighted by Gasteiger charge is -2.22. The van der Waals surface area contributed by atoms with E-state index in [-0.39, 0.29) is 12.6 Å². The topological polar surface area (TPSA) is 142 Å². The fourth-order valence-electron chi connectivity index (χ4n) is 3.33. The second-order valence-electron chi connectivity index (χ2n) is 7.81. The summed E-state index contributed by atoms with van der Waals surface area (Å²) in [6.07, 6.45) is 6.23. The van der Waals surface area contributed by atoms with Crippen LogP contribution in [0.5, 0.6) is 0 Å². The van der Waals surface area contributed by atoms with Gasteiger partial charge in [-0.1, -0.05) is 37.0 Å². The molecule has 0 atom stereocenters. The van der Waals surface area contributed by atoms with Crippen molar-refractivity contribution in [2.24, 2.45) is 5.10 Å². The molecule has 1 aromatic carbocycles. The molecule has 174 valence electrons. The number of carbonyl (C=O) groups is 4. The number of benzene rings is 1. The van der Waals surface area contributed by atoms with Gasteiger partial charge in [0.1, 0.15) is 11.5 Å². The third kappa shape index (κ3) is 7.60. The zero-order chi connectivity index (χ0) is 23.6. The number of carbonyl (C=O) groups excluding carboxylic acids is 4. The third-order valence-corrected chi connectivity index (χ3v) is 5.13. The van der Waals surface area contributed by atoms with Crippen molar-refractivity contribution in [1.29, 1.82) is 0 Å². The lowest BCUT2D eigenvalue weighted by Crippen LogP contribution is -2.44. The van der Waals surface area contributed by atoms with Crippen molar-refractivity contribution in [3.63, 3.8) is 0 Å². The molecule has 4 amide bonds. The van der Waals surface area contributed by atoms with Crippen LogP contribution in [-0.2, 0) is 25.7 Å². The normalized spacial score (nSPS) is 14.0. The molecule has 1 aromatic heterocycles. The largest absolute Gasteiger partial charge is 0.458 e. The van der Waals surface area contributed by atoms with Crippen LogP contribution in [-0.4, -0.2) is 35.9 Å². The summed E-state index contributed by atoms with van der Waals surface area (Å²) < 4.78 is 5.46. The van der Waals surface area contributed by atoms with Crippen LogP contribution < -0.4 is 21.4 Å². The summed E-state index contributed by atoms with van der Waals surface area (Å²) in [5, 5.41) is 11.4. The lowest BCUT2D eigenvalue weighted by molar-refractivity contribution is -0.139. The second kappa shape index (κ2) is 11.6. The molecule has 10 nitrogen and oxygen atoms in total. The Bertz CT molecular complexity index is 1020. The molecule has 1 aliphatic carbocycles. The Morgan fingerprint density at radius 1 is 0.939 bits per heavy atom. The van der Waals surface area contributed by atoms with Gasteiger partial charge in [-0.05, 0) is 44.0 Å². The highest BCUT2D eigenvalue weighted by Crippen LogP contribution is 2.17. The minimum atomic E-state index is -0.851. The van der Waals surface area contributed by atoms with Crippen LogP contribution in [0.4, 0.5) is 5.69 Å². The van der Waals surface area contributed by atoms with Crippen molar-refractivity contribution in [2.45, 2.75) is 51.6 Å². The molecule has 0 unspecified atom stereocenters. The van der Waals surface area contributed by atoms with Gasteiger partial charge in [0.15, 0.2) is 0 Å². The van der Waals surface area contributed by atoms with E-state index in [2.05, 4.69) is 26.5 Å². The average Bonchev–Trinajstić information content (AvgIpc) is 3.27. The van der Waals surface area contributed by atoms with Gasteiger partial charge in [-0.25, -0.2) is 5.43 Å². The first-order valence-corrected chi connectivity index (χ1v) is 10.8. The molecule has 1 fully saturated rings. The monoisotopic (exact) mass is 453 g/mol. The van der Waals surface area contributed by atoms with Crippen molar-refractivity contribution in [1.82, 2.24) is 16.1 Å². The highest BCUT2D eigenvalue weighted by Gasteiger charge is 2.20. The number of hydrogen-bond acceptors (Lipinski definition) is 6. The Morgan fingerprint density at radius 3 is 2.39 bits per heavy atom. The van der Waals surface area contributed by atoms with Crippen molar-refractivity contribution >= 4 is 35.5 Å². The molecule has 10 heteroatoms. The van der Waals surface area contributed by atoms with Crippen molar-refractivity contribution in [3.8, 4) is 0 Å². The lowest BCUT2D eigenvalue weighted by atomic mass is 9.95. The highest BCUT2D eigenvalue weighted by atomic mass is 16.3. The number of nitrogens with zero attached hydrogens (tertiary/aromatic N) is 1. The Hall–Kier alpha value is -3.95. The standard InChI is InChI=1S/C23H27N5O5/c1-15-7-9-17(10-8-15)27-21(30)20(29)24-13-18-11-12-19(33-18)14-25-28-23(32)22(31)26-16-5-3-2-4-6-16/h7-12,14,16H,2-6,13H2,1H3,(H,24,29)(H,26,31)(H,27,30)(H,28,32)/b25-14+. The fourth-order valence-corrected chi connectivity index (χ4v) is 3.33. The summed E-state index contributed by atoms with van der Waals surface area (Å²) >= 11 is 0. The van der Waals surface area contributed by atoms with Gasteiger partial charge in [-0.2, -0.15) is 5.10 Å². The first kappa shape index (κ1) is 23.7. The zero-order valence-electron chi connectivity index (χ0n) is 18.3. The predicted octanol–water partition coefficient (Wildman–Crippen LogP) is 1.74. The molecule has 3 rings (SSSR count). The van der Waals surface area contributed by atoms with Crippen molar-refractivity contribution < 1.29 is 23.6 Å². The van der Waals surface area contributed by atoms with Gasteiger partial charge in [0.2, 0.25) is 0 Å². The second-order valence-corrected chi connectivity index (χ2v) is 7.81. The van der Waals surface area contributed by atoms with Gasteiger partial charge < -0.3 is 20.4 Å². The van der Waals surface area contributed by atoms with E-state index in [1.165, 1.54) is 6.21 Å². The number of furan rings is 1. The van der Waals surface area contributed by atoms with E-state index in [0.717, 1.165) is 37.7 Å². The van der Waals surface area contributed by atoms with Crippen LogP contribution in [0.3, 0.4) is 0 Å². The molecule has 0 radical (unpaired) electrons. The summed E-state index contributed by atoms with van der Waals surface area (Å²) in [6.45, 7) is 1.91. The maximum absolute atomic E-state index is 12.0. The molecule has 0 saturated heterocycles. The van der Waals surface area contributed by atoms with Gasteiger partial charge in [0, 0.05) is 11.7 Å². The van der Waals surface area contributed by atoms with Gasteiger partial charge >= 0.3 is 23.6 Å². The van der Waals surface area contributed by atoms with Crippen LogP contribution in [0.2, 0.25) is 0 Å². The molecule has 4 N–H and O–H groups in total. The molecule has 0 bridgehead atoms. The summed E-state index contributed by atoms with van der Waals surface area (Å²) in [6, 6.07) is 10.3. The van der Waals surface area contributed by atoms with Crippen molar-refractivity contribution in [2.75, 3.05) is 5.32 Å². The SMILES string of the molecule is Cc1ccc(NC(=O)C(=O)NCc2ccc(/C=N/NC(=O)C(=O)NC3CCCCC3)o2)cc1. The van der Waals surface area contributed by atoms with Gasteiger partial charge in [0.25, 0.3) is 0 Å². The molecule has 0 spiro atoms. The first-order valence-electron chi connectivity index (χ1n) is 10.8. The summed E-state index contributed by atoms with van der Waals surface area (Å²) in [5.74, 6) is -2.48. The Kier molecular flexibility index (Phi) is 8.34. The van der Waals surface area contributed by atoms with Crippen LogP contribution in [0, 0.1) is 6.92 Å². The Balaban J connectivity index is 1.39. The molecule has 1 aliphatic rings. The minimum absolute atomic E-state index is 0.00978. The van der Waals surface area contributed by atoms with E-state index in [1.807, 2.05) is 19.1 Å². The maximum Gasteiger partial charge on any atom is 0.329 e. The molecular weight excluding hydrogens is 426 g/mol. The van der Waals surface area contributed by atoms with Crippen LogP contribution in [0.25, 0.3) is 0 Å². The first-order chi connectivity index (χ1) is 15.9.